The molecule has 0 radical (unpaired) electrons. The number of carbonyl (C=O) groups is 2. The van der Waals surface area contributed by atoms with Crippen molar-refractivity contribution in [3.8, 4) is 22.3 Å². The second-order valence-corrected chi connectivity index (χ2v) is 9.74. The normalized spacial score (nSPS) is 11.3. The van der Waals surface area contributed by atoms with Gasteiger partial charge in [0.25, 0.3) is 5.91 Å². The molecule has 2 N–H and O–H groups in total. The summed E-state index contributed by atoms with van der Waals surface area (Å²) in [6.45, 7) is 1.86. The largest absolute Gasteiger partial charge is 0.346 e. The van der Waals surface area contributed by atoms with E-state index in [-0.39, 0.29) is 18.4 Å². The Morgan fingerprint density at radius 1 is 0.892 bits per heavy atom. The summed E-state index contributed by atoms with van der Waals surface area (Å²) in [5.74, 6) is -0.344. The van der Waals surface area contributed by atoms with Gasteiger partial charge in [-0.2, -0.15) is 0 Å². The summed E-state index contributed by atoms with van der Waals surface area (Å²) < 4.78 is 0. The van der Waals surface area contributed by atoms with Gasteiger partial charge in [0.1, 0.15) is 5.65 Å². The molecule has 0 aliphatic carbocycles. The Kier molecular flexibility index (Phi) is 8.01. The molecule has 37 heavy (non-hydrogen) atoms. The van der Waals surface area contributed by atoms with Crippen LogP contribution in [0, 0.1) is 0 Å². The lowest BCUT2D eigenvalue weighted by atomic mass is 9.99. The predicted molar refractivity (Wildman–Crippen MR) is 150 cm³/mol. The van der Waals surface area contributed by atoms with Crippen LogP contribution in [0.4, 0.5) is 5.69 Å². The van der Waals surface area contributed by atoms with Crippen LogP contribution < -0.4 is 5.32 Å². The van der Waals surface area contributed by atoms with E-state index >= 15 is 0 Å². The second-order valence-electron chi connectivity index (χ2n) is 9.74. The number of hydrogen-bond donors (Lipinski definition) is 2. The molecule has 2 aromatic carbocycles. The third kappa shape index (κ3) is 6.22. The number of carbonyl (C=O) groups excluding carboxylic acids is 2. The Hall–Kier alpha value is -4.01. The molecule has 4 rings (SSSR count). The Balaban J connectivity index is 1.64. The number of benzene rings is 2. The highest BCUT2D eigenvalue weighted by Gasteiger charge is 2.18. The SMILES string of the molecule is CN(C)CCN(C)CC(=O)Nc1ccc(-c2cnc3[nH]cc(-c4ccccc4)c3c2)cc1C(=O)N(C)C. The molecule has 2 aromatic heterocycles. The van der Waals surface area contributed by atoms with Crippen molar-refractivity contribution in [2.45, 2.75) is 0 Å². The number of pyridine rings is 1. The number of nitrogens with zero attached hydrogens (tertiary/aromatic N) is 4. The van der Waals surface area contributed by atoms with Crippen molar-refractivity contribution in [3.63, 3.8) is 0 Å². The summed E-state index contributed by atoms with van der Waals surface area (Å²) >= 11 is 0. The molecule has 0 unspecified atom stereocenters. The smallest absolute Gasteiger partial charge is 0.255 e. The van der Waals surface area contributed by atoms with Gasteiger partial charge in [-0.25, -0.2) is 4.98 Å². The van der Waals surface area contributed by atoms with Crippen LogP contribution >= 0.6 is 0 Å². The van der Waals surface area contributed by atoms with E-state index in [1.54, 1.807) is 26.4 Å². The minimum atomic E-state index is -0.182. The molecule has 8 heteroatoms. The van der Waals surface area contributed by atoms with Crippen molar-refractivity contribution < 1.29 is 9.59 Å². The van der Waals surface area contributed by atoms with Crippen molar-refractivity contribution in [2.24, 2.45) is 0 Å². The van der Waals surface area contributed by atoms with E-state index in [1.165, 1.54) is 4.90 Å². The first-order valence-corrected chi connectivity index (χ1v) is 12.2. The molecule has 0 aliphatic rings. The fourth-order valence-corrected chi connectivity index (χ4v) is 4.15. The molecule has 8 nitrogen and oxygen atoms in total. The zero-order valence-corrected chi connectivity index (χ0v) is 22.1. The average molecular weight is 499 g/mol. The number of H-pyrrole nitrogens is 1. The Morgan fingerprint density at radius 2 is 1.65 bits per heavy atom. The van der Waals surface area contributed by atoms with E-state index < -0.39 is 0 Å². The highest BCUT2D eigenvalue weighted by Crippen LogP contribution is 2.32. The van der Waals surface area contributed by atoms with Gasteiger partial charge in [-0.15, -0.1) is 0 Å². The first-order chi connectivity index (χ1) is 17.7. The predicted octanol–water partition coefficient (Wildman–Crippen LogP) is 4.03. The quantitative estimate of drug-likeness (QED) is 0.364. The van der Waals surface area contributed by atoms with Crippen LogP contribution in [-0.2, 0) is 4.79 Å². The number of rotatable bonds is 9. The van der Waals surface area contributed by atoms with Gasteiger partial charge in [0.15, 0.2) is 0 Å². The van der Waals surface area contributed by atoms with Gasteiger partial charge in [0, 0.05) is 56.1 Å². The molecule has 192 valence electrons. The van der Waals surface area contributed by atoms with Crippen molar-refractivity contribution in [2.75, 3.05) is 60.2 Å². The maximum Gasteiger partial charge on any atom is 0.255 e. The summed E-state index contributed by atoms with van der Waals surface area (Å²) in [5, 5.41) is 3.94. The van der Waals surface area contributed by atoms with Gasteiger partial charge in [-0.05, 0) is 50.5 Å². The lowest BCUT2D eigenvalue weighted by molar-refractivity contribution is -0.117. The van der Waals surface area contributed by atoms with Crippen LogP contribution in [0.25, 0.3) is 33.3 Å². The van der Waals surface area contributed by atoms with Gasteiger partial charge in [-0.3, -0.25) is 14.5 Å². The number of aromatic nitrogens is 2. The average Bonchev–Trinajstić information content (AvgIpc) is 3.31. The van der Waals surface area contributed by atoms with E-state index in [0.29, 0.717) is 11.3 Å². The molecule has 0 fully saturated rings. The van der Waals surface area contributed by atoms with Crippen molar-refractivity contribution in [1.29, 1.82) is 0 Å². The number of amides is 2. The lowest BCUT2D eigenvalue weighted by Crippen LogP contribution is -2.35. The molecule has 0 atom stereocenters. The molecule has 0 saturated carbocycles. The summed E-state index contributed by atoms with van der Waals surface area (Å²) in [7, 11) is 9.32. The molecule has 4 aromatic rings. The van der Waals surface area contributed by atoms with Gasteiger partial charge in [0.2, 0.25) is 5.91 Å². The Bertz CT molecular complexity index is 1390. The maximum atomic E-state index is 13.1. The molecular weight excluding hydrogens is 464 g/mol. The van der Waals surface area contributed by atoms with Gasteiger partial charge < -0.3 is 20.1 Å². The molecule has 0 bridgehead atoms. The highest BCUT2D eigenvalue weighted by molar-refractivity contribution is 6.05. The van der Waals surface area contributed by atoms with Gasteiger partial charge in [0.05, 0.1) is 17.8 Å². The topological polar surface area (TPSA) is 84.6 Å². The molecule has 0 saturated heterocycles. The molecule has 2 amide bonds. The first-order valence-electron chi connectivity index (χ1n) is 12.2. The minimum Gasteiger partial charge on any atom is -0.346 e. The van der Waals surface area contributed by atoms with Crippen molar-refractivity contribution in [1.82, 2.24) is 24.7 Å². The third-order valence-electron chi connectivity index (χ3n) is 6.22. The molecule has 2 heterocycles. The van der Waals surface area contributed by atoms with Crippen molar-refractivity contribution >= 4 is 28.5 Å². The summed E-state index contributed by atoms with van der Waals surface area (Å²) in [6, 6.07) is 17.8. The number of likely N-dealkylation sites (N-methyl/N-ethyl adjacent to an activating group) is 2. The van der Waals surface area contributed by atoms with Crippen LogP contribution in [-0.4, -0.2) is 91.4 Å². The zero-order valence-electron chi connectivity index (χ0n) is 22.1. The third-order valence-corrected chi connectivity index (χ3v) is 6.22. The Labute approximate surface area is 217 Å². The van der Waals surface area contributed by atoms with E-state index in [2.05, 4.69) is 38.4 Å². The zero-order chi connectivity index (χ0) is 26.5. The summed E-state index contributed by atoms with van der Waals surface area (Å²) in [5.41, 5.74) is 5.63. The standard InChI is InChI=1S/C29H34N6O2/c1-33(2)13-14-35(5)19-27(36)32-26-12-11-21(15-24(26)29(37)34(3)4)22-16-23-25(18-31-28(23)30-17-22)20-9-7-6-8-10-20/h6-12,15-18H,13-14,19H2,1-5H3,(H,30,31)(H,32,36). The van der Waals surface area contributed by atoms with Crippen LogP contribution in [0.2, 0.25) is 0 Å². The minimum absolute atomic E-state index is 0.162. The van der Waals surface area contributed by atoms with Gasteiger partial charge in [-0.1, -0.05) is 36.4 Å². The maximum absolute atomic E-state index is 13.1. The first kappa shape index (κ1) is 26.1. The van der Waals surface area contributed by atoms with Crippen LogP contribution in [0.15, 0.2) is 67.0 Å². The fraction of sp³-hybridized carbons (Fsp3) is 0.276. The molecular formula is C29H34N6O2. The molecule has 0 spiro atoms. The van der Waals surface area contributed by atoms with E-state index in [9.17, 15) is 9.59 Å². The summed E-state index contributed by atoms with van der Waals surface area (Å²) in [4.78, 5) is 39.2. The second kappa shape index (κ2) is 11.4. The van der Waals surface area contributed by atoms with Crippen LogP contribution in [0.1, 0.15) is 10.4 Å². The van der Waals surface area contributed by atoms with E-state index in [1.807, 2.05) is 62.6 Å². The van der Waals surface area contributed by atoms with Crippen molar-refractivity contribution in [3.05, 3.63) is 72.6 Å². The monoisotopic (exact) mass is 498 g/mol. The number of nitrogens with one attached hydrogen (secondary N) is 2. The van der Waals surface area contributed by atoms with E-state index in [0.717, 1.165) is 46.4 Å². The van der Waals surface area contributed by atoms with Crippen LogP contribution in [0.3, 0.4) is 0 Å². The van der Waals surface area contributed by atoms with Gasteiger partial charge >= 0.3 is 0 Å². The molecule has 0 aliphatic heterocycles. The van der Waals surface area contributed by atoms with E-state index in [4.69, 9.17) is 0 Å². The number of anilines is 1. The Morgan fingerprint density at radius 3 is 2.35 bits per heavy atom. The number of aromatic amines is 1. The number of fused-ring (bicyclic) bond motifs is 1. The summed E-state index contributed by atoms with van der Waals surface area (Å²) in [6.07, 6.45) is 3.76. The van der Waals surface area contributed by atoms with Crippen LogP contribution in [0.5, 0.6) is 0 Å². The lowest BCUT2D eigenvalue weighted by Gasteiger charge is -2.20. The number of hydrogen-bond acceptors (Lipinski definition) is 5. The highest BCUT2D eigenvalue weighted by atomic mass is 16.2. The fourth-order valence-electron chi connectivity index (χ4n) is 4.15.